The zero-order valence-corrected chi connectivity index (χ0v) is 13.5. The van der Waals surface area contributed by atoms with Crippen LogP contribution < -0.4 is 5.32 Å². The molecule has 118 valence electrons. The fourth-order valence-corrected chi connectivity index (χ4v) is 2.70. The van der Waals surface area contributed by atoms with Crippen molar-refractivity contribution < 1.29 is 4.42 Å². The van der Waals surface area contributed by atoms with Crippen LogP contribution in [0.3, 0.4) is 0 Å². The summed E-state index contributed by atoms with van der Waals surface area (Å²) in [5.41, 5.74) is 1.96. The summed E-state index contributed by atoms with van der Waals surface area (Å²) in [4.78, 5) is 9.19. The van der Waals surface area contributed by atoms with Crippen molar-refractivity contribution in [2.45, 2.75) is 6.54 Å². The van der Waals surface area contributed by atoms with Crippen molar-refractivity contribution in [2.24, 2.45) is 0 Å². The minimum absolute atomic E-state index is 0.533. The fraction of sp³-hybridized carbons (Fsp3) is 0.0526. The third kappa shape index (κ3) is 2.96. The molecule has 0 radical (unpaired) electrons. The molecule has 1 N–H and O–H groups in total. The van der Waals surface area contributed by atoms with E-state index < -0.39 is 0 Å². The number of nitrogens with zero attached hydrogens (tertiary/aromatic N) is 2. The monoisotopic (exact) mass is 335 g/mol. The lowest BCUT2D eigenvalue weighted by atomic mass is 10.2. The Hall–Kier alpha value is -2.85. The minimum Gasteiger partial charge on any atom is -0.461 e. The van der Waals surface area contributed by atoms with Gasteiger partial charge in [-0.2, -0.15) is 0 Å². The molecule has 0 fully saturated rings. The van der Waals surface area contributed by atoms with Gasteiger partial charge in [0.15, 0.2) is 11.6 Å². The normalized spacial score (nSPS) is 10.9. The maximum absolute atomic E-state index is 6.12. The first-order valence-corrected chi connectivity index (χ1v) is 7.96. The van der Waals surface area contributed by atoms with Crippen LogP contribution in [0.4, 0.5) is 5.82 Å². The molecule has 0 saturated carbocycles. The first kappa shape index (κ1) is 14.7. The van der Waals surface area contributed by atoms with Gasteiger partial charge in [0.05, 0.1) is 11.8 Å². The molecule has 0 aliphatic carbocycles. The van der Waals surface area contributed by atoms with Gasteiger partial charge in [-0.15, -0.1) is 0 Å². The molecule has 2 aromatic heterocycles. The van der Waals surface area contributed by atoms with Crippen LogP contribution in [0, 0.1) is 0 Å². The topological polar surface area (TPSA) is 51.0 Å². The smallest absolute Gasteiger partial charge is 0.198 e. The average molecular weight is 336 g/mol. The van der Waals surface area contributed by atoms with Gasteiger partial charge in [-0.3, -0.25) is 0 Å². The van der Waals surface area contributed by atoms with Crippen molar-refractivity contribution in [1.29, 1.82) is 0 Å². The number of benzene rings is 2. The molecule has 4 nitrogen and oxygen atoms in total. The van der Waals surface area contributed by atoms with Crippen LogP contribution in [0.25, 0.3) is 22.5 Å². The average Bonchev–Trinajstić information content (AvgIpc) is 3.14. The standard InChI is InChI=1S/C19H14ClN3O/c20-14-8-9-15-16(11-14)22-19(17-7-4-10-24-17)23-18(15)21-12-13-5-2-1-3-6-13/h1-11H,12H2,(H,21,22,23). The Morgan fingerprint density at radius 3 is 2.62 bits per heavy atom. The molecule has 0 spiro atoms. The van der Waals surface area contributed by atoms with Crippen molar-refractivity contribution in [3.63, 3.8) is 0 Å². The Kier molecular flexibility index (Phi) is 3.89. The van der Waals surface area contributed by atoms with Gasteiger partial charge in [-0.05, 0) is 35.9 Å². The summed E-state index contributed by atoms with van der Waals surface area (Å²) in [5, 5.41) is 4.95. The number of halogens is 1. The van der Waals surface area contributed by atoms with Gasteiger partial charge in [-0.25, -0.2) is 9.97 Å². The summed E-state index contributed by atoms with van der Waals surface area (Å²) >= 11 is 6.12. The summed E-state index contributed by atoms with van der Waals surface area (Å²) in [6.45, 7) is 0.674. The van der Waals surface area contributed by atoms with E-state index in [1.54, 1.807) is 6.26 Å². The van der Waals surface area contributed by atoms with Crippen LogP contribution in [0.15, 0.2) is 71.3 Å². The van der Waals surface area contributed by atoms with E-state index >= 15 is 0 Å². The molecule has 0 bridgehead atoms. The van der Waals surface area contributed by atoms with Gasteiger partial charge in [0.2, 0.25) is 0 Å². The second-order valence-corrected chi connectivity index (χ2v) is 5.81. The van der Waals surface area contributed by atoms with Crippen LogP contribution >= 0.6 is 11.6 Å². The van der Waals surface area contributed by atoms with Crippen molar-refractivity contribution in [1.82, 2.24) is 9.97 Å². The van der Waals surface area contributed by atoms with E-state index in [0.717, 1.165) is 16.7 Å². The molecular weight excluding hydrogens is 322 g/mol. The van der Waals surface area contributed by atoms with Crippen LogP contribution in [-0.2, 0) is 6.54 Å². The summed E-state index contributed by atoms with van der Waals surface area (Å²) in [7, 11) is 0. The number of hydrogen-bond acceptors (Lipinski definition) is 4. The highest BCUT2D eigenvalue weighted by Crippen LogP contribution is 2.27. The Labute approximate surface area is 144 Å². The summed E-state index contributed by atoms with van der Waals surface area (Å²) in [6.07, 6.45) is 1.61. The van der Waals surface area contributed by atoms with E-state index in [0.29, 0.717) is 23.2 Å². The van der Waals surface area contributed by atoms with E-state index in [1.165, 1.54) is 5.56 Å². The third-order valence-corrected chi connectivity index (χ3v) is 3.94. The van der Waals surface area contributed by atoms with Gasteiger partial charge in [0.25, 0.3) is 0 Å². The van der Waals surface area contributed by atoms with Gasteiger partial charge in [-0.1, -0.05) is 41.9 Å². The van der Waals surface area contributed by atoms with Crippen molar-refractivity contribution >= 4 is 28.3 Å². The molecular formula is C19H14ClN3O. The second-order valence-electron chi connectivity index (χ2n) is 5.37. The molecule has 0 unspecified atom stereocenters. The lowest BCUT2D eigenvalue weighted by Crippen LogP contribution is -2.04. The van der Waals surface area contributed by atoms with Crippen LogP contribution in [0.1, 0.15) is 5.56 Å². The molecule has 24 heavy (non-hydrogen) atoms. The fourth-order valence-electron chi connectivity index (χ4n) is 2.54. The number of hydrogen-bond donors (Lipinski definition) is 1. The highest BCUT2D eigenvalue weighted by molar-refractivity contribution is 6.31. The van der Waals surface area contributed by atoms with E-state index in [9.17, 15) is 0 Å². The van der Waals surface area contributed by atoms with Gasteiger partial charge >= 0.3 is 0 Å². The quantitative estimate of drug-likeness (QED) is 0.560. The third-order valence-electron chi connectivity index (χ3n) is 3.70. The van der Waals surface area contributed by atoms with Gasteiger partial charge in [0, 0.05) is 17.0 Å². The summed E-state index contributed by atoms with van der Waals surface area (Å²) < 4.78 is 5.43. The number of fused-ring (bicyclic) bond motifs is 1. The molecule has 4 rings (SSSR count). The molecule has 2 aromatic carbocycles. The molecule has 0 saturated heterocycles. The highest BCUT2D eigenvalue weighted by Gasteiger charge is 2.11. The highest BCUT2D eigenvalue weighted by atomic mass is 35.5. The predicted octanol–water partition coefficient (Wildman–Crippen LogP) is 5.16. The van der Waals surface area contributed by atoms with Crippen LogP contribution in [0.5, 0.6) is 0 Å². The maximum atomic E-state index is 6.12. The zero-order chi connectivity index (χ0) is 16.4. The molecule has 0 aliphatic rings. The zero-order valence-electron chi connectivity index (χ0n) is 12.7. The van der Waals surface area contributed by atoms with E-state index in [1.807, 2.05) is 48.5 Å². The maximum Gasteiger partial charge on any atom is 0.198 e. The number of furan rings is 1. The Morgan fingerprint density at radius 2 is 1.83 bits per heavy atom. The Balaban J connectivity index is 1.77. The first-order valence-electron chi connectivity index (χ1n) is 7.58. The number of aromatic nitrogens is 2. The Bertz CT molecular complexity index is 969. The molecule has 5 heteroatoms. The molecule has 4 aromatic rings. The van der Waals surface area contributed by atoms with Crippen LogP contribution in [0.2, 0.25) is 5.02 Å². The van der Waals surface area contributed by atoms with Gasteiger partial charge < -0.3 is 9.73 Å². The molecule has 0 amide bonds. The van der Waals surface area contributed by atoms with E-state index in [-0.39, 0.29) is 0 Å². The van der Waals surface area contributed by atoms with Gasteiger partial charge in [0.1, 0.15) is 5.82 Å². The SMILES string of the molecule is Clc1ccc2c(NCc3ccccc3)nc(-c3ccco3)nc2c1. The number of rotatable bonds is 4. The molecule has 0 atom stereocenters. The number of anilines is 1. The number of nitrogens with one attached hydrogen (secondary N) is 1. The minimum atomic E-state index is 0.533. The molecule has 0 aliphatic heterocycles. The van der Waals surface area contributed by atoms with Crippen LogP contribution in [-0.4, -0.2) is 9.97 Å². The summed E-state index contributed by atoms with van der Waals surface area (Å²) in [6, 6.07) is 19.4. The van der Waals surface area contributed by atoms with E-state index in [4.69, 9.17) is 16.0 Å². The van der Waals surface area contributed by atoms with Crippen molar-refractivity contribution in [2.75, 3.05) is 5.32 Å². The largest absolute Gasteiger partial charge is 0.461 e. The first-order chi connectivity index (χ1) is 11.8. The Morgan fingerprint density at radius 1 is 0.958 bits per heavy atom. The predicted molar refractivity (Wildman–Crippen MR) is 96.0 cm³/mol. The lowest BCUT2D eigenvalue weighted by Gasteiger charge is -2.10. The van der Waals surface area contributed by atoms with Crippen molar-refractivity contribution in [3.05, 3.63) is 77.5 Å². The van der Waals surface area contributed by atoms with Crippen molar-refractivity contribution in [3.8, 4) is 11.6 Å². The molecule has 2 heterocycles. The van der Waals surface area contributed by atoms with E-state index in [2.05, 4.69) is 27.4 Å². The second kappa shape index (κ2) is 6.34. The lowest BCUT2D eigenvalue weighted by molar-refractivity contribution is 0.577. The summed E-state index contributed by atoms with van der Waals surface area (Å²) in [5.74, 6) is 1.91.